The van der Waals surface area contributed by atoms with Crippen LogP contribution in [0.15, 0.2) is 30.3 Å². The normalized spacial score (nSPS) is 29.3. The molecule has 1 saturated heterocycles. The summed E-state index contributed by atoms with van der Waals surface area (Å²) in [5.41, 5.74) is 0.881. The van der Waals surface area contributed by atoms with Crippen molar-refractivity contribution in [2.45, 2.75) is 50.1 Å². The van der Waals surface area contributed by atoms with Crippen LogP contribution in [-0.2, 0) is 5.54 Å². The lowest BCUT2D eigenvalue weighted by atomic mass is 9.82. The smallest absolute Gasteiger partial charge is 0.251 e. The molecule has 0 bridgehead atoms. The van der Waals surface area contributed by atoms with Gasteiger partial charge in [-0.1, -0.05) is 43.2 Å². The average Bonchev–Trinajstić information content (AvgIpc) is 2.94. The van der Waals surface area contributed by atoms with Crippen LogP contribution in [0, 0.1) is 0 Å². The van der Waals surface area contributed by atoms with Crippen molar-refractivity contribution >= 4 is 0 Å². The minimum atomic E-state index is -2.26. The Balaban J connectivity index is 1.85. The molecule has 1 atom stereocenters. The average molecular weight is 294 g/mol. The summed E-state index contributed by atoms with van der Waals surface area (Å²) in [6.45, 7) is 3.49. The van der Waals surface area contributed by atoms with Crippen molar-refractivity contribution in [1.29, 1.82) is 0 Å². The molecule has 1 heterocycles. The molecule has 116 valence electrons. The number of hydrogen-bond acceptors (Lipinski definition) is 2. The van der Waals surface area contributed by atoms with E-state index >= 15 is 0 Å². The zero-order valence-electron chi connectivity index (χ0n) is 12.6. The number of alkyl halides is 2. The quantitative estimate of drug-likeness (QED) is 0.919. The van der Waals surface area contributed by atoms with Gasteiger partial charge in [0.15, 0.2) is 0 Å². The molecule has 21 heavy (non-hydrogen) atoms. The van der Waals surface area contributed by atoms with Crippen molar-refractivity contribution in [2.24, 2.45) is 0 Å². The third-order valence-corrected chi connectivity index (χ3v) is 5.29. The van der Waals surface area contributed by atoms with Gasteiger partial charge in [0.1, 0.15) is 0 Å². The van der Waals surface area contributed by atoms with Crippen molar-refractivity contribution in [3.05, 3.63) is 35.9 Å². The molecule has 1 N–H and O–H groups in total. The number of benzene rings is 1. The van der Waals surface area contributed by atoms with Gasteiger partial charge in [0.2, 0.25) is 0 Å². The monoisotopic (exact) mass is 294 g/mol. The second kappa shape index (κ2) is 5.65. The number of hydrogen-bond donors (Lipinski definition) is 1. The SMILES string of the molecule is CC1(c2ccccc2)CN(CC(F)F)C2(CCCC2)CN1. The fourth-order valence-electron chi connectivity index (χ4n) is 4.03. The van der Waals surface area contributed by atoms with Crippen molar-refractivity contribution in [3.8, 4) is 0 Å². The molecule has 3 rings (SSSR count). The lowest BCUT2D eigenvalue weighted by molar-refractivity contribution is -0.0279. The highest BCUT2D eigenvalue weighted by Crippen LogP contribution is 2.40. The highest BCUT2D eigenvalue weighted by atomic mass is 19.3. The summed E-state index contributed by atoms with van der Waals surface area (Å²) in [7, 11) is 0. The van der Waals surface area contributed by atoms with Gasteiger partial charge in [-0.2, -0.15) is 0 Å². The topological polar surface area (TPSA) is 15.3 Å². The van der Waals surface area contributed by atoms with Crippen LogP contribution in [0.5, 0.6) is 0 Å². The van der Waals surface area contributed by atoms with Crippen LogP contribution in [0.25, 0.3) is 0 Å². The molecule has 1 saturated carbocycles. The maximum Gasteiger partial charge on any atom is 0.251 e. The highest BCUT2D eigenvalue weighted by Gasteiger charge is 2.48. The molecular weight excluding hydrogens is 270 g/mol. The molecule has 0 aromatic heterocycles. The predicted molar refractivity (Wildman–Crippen MR) is 80.6 cm³/mol. The van der Waals surface area contributed by atoms with Crippen LogP contribution in [0.1, 0.15) is 38.2 Å². The molecule has 1 aromatic carbocycles. The zero-order chi connectivity index (χ0) is 14.9. The molecule has 0 amide bonds. The minimum Gasteiger partial charge on any atom is -0.305 e. The first-order valence-corrected chi connectivity index (χ1v) is 7.88. The Morgan fingerprint density at radius 2 is 1.86 bits per heavy atom. The summed E-state index contributed by atoms with van der Waals surface area (Å²) in [5.74, 6) is 0. The molecule has 2 nitrogen and oxygen atoms in total. The van der Waals surface area contributed by atoms with E-state index in [9.17, 15) is 8.78 Å². The van der Waals surface area contributed by atoms with Crippen LogP contribution in [0.3, 0.4) is 0 Å². The summed E-state index contributed by atoms with van der Waals surface area (Å²) in [4.78, 5) is 2.06. The summed E-state index contributed by atoms with van der Waals surface area (Å²) in [6.07, 6.45) is 2.13. The number of piperazine rings is 1. The van der Waals surface area contributed by atoms with Gasteiger partial charge in [0.05, 0.1) is 12.1 Å². The van der Waals surface area contributed by atoms with Crippen molar-refractivity contribution < 1.29 is 8.78 Å². The third kappa shape index (κ3) is 2.84. The first-order chi connectivity index (χ1) is 10.0. The molecular formula is C17H24F2N2. The lowest BCUT2D eigenvalue weighted by Gasteiger charge is -2.52. The second-order valence-electron chi connectivity index (χ2n) is 6.75. The number of halogens is 2. The van der Waals surface area contributed by atoms with E-state index in [1.807, 2.05) is 18.2 Å². The molecule has 1 aromatic rings. The van der Waals surface area contributed by atoms with E-state index in [2.05, 4.69) is 29.3 Å². The van der Waals surface area contributed by atoms with Crippen LogP contribution in [-0.4, -0.2) is 36.5 Å². The van der Waals surface area contributed by atoms with Crippen molar-refractivity contribution in [2.75, 3.05) is 19.6 Å². The van der Waals surface area contributed by atoms with E-state index in [1.54, 1.807) is 0 Å². The van der Waals surface area contributed by atoms with E-state index in [-0.39, 0.29) is 17.6 Å². The van der Waals surface area contributed by atoms with Gasteiger partial charge < -0.3 is 5.32 Å². The van der Waals surface area contributed by atoms with E-state index in [0.717, 1.165) is 32.2 Å². The molecule has 4 heteroatoms. The maximum atomic E-state index is 13.0. The van der Waals surface area contributed by atoms with E-state index in [1.165, 1.54) is 5.56 Å². The van der Waals surface area contributed by atoms with Gasteiger partial charge in [-0.15, -0.1) is 0 Å². The molecule has 2 fully saturated rings. The van der Waals surface area contributed by atoms with Crippen molar-refractivity contribution in [3.63, 3.8) is 0 Å². The number of nitrogens with one attached hydrogen (secondary N) is 1. The maximum absolute atomic E-state index is 13.0. The Labute approximate surface area is 125 Å². The van der Waals surface area contributed by atoms with Crippen LogP contribution >= 0.6 is 0 Å². The van der Waals surface area contributed by atoms with Gasteiger partial charge >= 0.3 is 0 Å². The molecule has 1 aliphatic heterocycles. The molecule has 1 unspecified atom stereocenters. The molecule has 0 radical (unpaired) electrons. The Morgan fingerprint density at radius 3 is 2.48 bits per heavy atom. The molecule has 1 spiro atoms. The zero-order valence-corrected chi connectivity index (χ0v) is 12.6. The first kappa shape index (κ1) is 14.9. The Morgan fingerprint density at radius 1 is 1.19 bits per heavy atom. The largest absolute Gasteiger partial charge is 0.305 e. The summed E-state index contributed by atoms with van der Waals surface area (Å²) >= 11 is 0. The Kier molecular flexibility index (Phi) is 4.02. The van der Waals surface area contributed by atoms with E-state index in [0.29, 0.717) is 6.54 Å². The van der Waals surface area contributed by atoms with Gasteiger partial charge in [0, 0.05) is 18.6 Å². The molecule has 1 aliphatic carbocycles. The van der Waals surface area contributed by atoms with Crippen LogP contribution in [0.4, 0.5) is 8.78 Å². The summed E-state index contributed by atoms with van der Waals surface area (Å²) in [5, 5.41) is 3.66. The van der Waals surface area contributed by atoms with Gasteiger partial charge in [-0.3, -0.25) is 4.90 Å². The fourth-order valence-corrected chi connectivity index (χ4v) is 4.03. The van der Waals surface area contributed by atoms with Crippen molar-refractivity contribution in [1.82, 2.24) is 10.2 Å². The van der Waals surface area contributed by atoms with Crippen LogP contribution in [0.2, 0.25) is 0 Å². The highest BCUT2D eigenvalue weighted by molar-refractivity contribution is 5.26. The van der Waals surface area contributed by atoms with E-state index in [4.69, 9.17) is 0 Å². The molecule has 2 aliphatic rings. The van der Waals surface area contributed by atoms with Gasteiger partial charge in [0.25, 0.3) is 6.43 Å². The fraction of sp³-hybridized carbons (Fsp3) is 0.647. The van der Waals surface area contributed by atoms with Gasteiger partial charge in [-0.05, 0) is 25.3 Å². The van der Waals surface area contributed by atoms with E-state index < -0.39 is 6.43 Å². The second-order valence-corrected chi connectivity index (χ2v) is 6.75. The number of nitrogens with zero attached hydrogens (tertiary/aromatic N) is 1. The lowest BCUT2D eigenvalue weighted by Crippen LogP contribution is -2.67. The third-order valence-electron chi connectivity index (χ3n) is 5.29. The first-order valence-electron chi connectivity index (χ1n) is 7.88. The summed E-state index contributed by atoms with van der Waals surface area (Å²) in [6, 6.07) is 10.2. The van der Waals surface area contributed by atoms with Crippen LogP contribution < -0.4 is 5.32 Å². The summed E-state index contributed by atoms with van der Waals surface area (Å²) < 4.78 is 26.1. The Bertz CT molecular complexity index is 471. The number of rotatable bonds is 3. The van der Waals surface area contributed by atoms with Gasteiger partial charge in [-0.25, -0.2) is 8.78 Å². The Hall–Kier alpha value is -1.00. The minimum absolute atomic E-state index is 0.0509. The predicted octanol–water partition coefficient (Wildman–Crippen LogP) is 3.38. The standard InChI is InChI=1S/C17H24F2N2/c1-16(14-7-3-2-4-8-14)13-21(11-15(18)19)17(12-20-16)9-5-6-10-17/h2-4,7-8,15,20H,5-6,9-13H2,1H3.